The van der Waals surface area contributed by atoms with Crippen molar-refractivity contribution in [3.8, 4) is 11.5 Å². The Bertz CT molecular complexity index is 1000. The van der Waals surface area contributed by atoms with Crippen LogP contribution in [0, 0.1) is 0 Å². The van der Waals surface area contributed by atoms with Gasteiger partial charge in [0, 0.05) is 51.6 Å². The van der Waals surface area contributed by atoms with Gasteiger partial charge >= 0.3 is 0 Å². The lowest BCUT2D eigenvalue weighted by Crippen LogP contribution is -2.23. The van der Waals surface area contributed by atoms with E-state index in [-0.39, 0.29) is 80.9 Å². The number of hydrogen-bond acceptors (Lipinski definition) is 6. The lowest BCUT2D eigenvalue weighted by Gasteiger charge is -2.26. The Morgan fingerprint density at radius 2 is 1.15 bits per heavy atom. The first-order valence-electron chi connectivity index (χ1n) is 8.50. The van der Waals surface area contributed by atoms with Crippen LogP contribution in [0.4, 0.5) is 0 Å². The SMILES string of the molecule is CC(=O)c1ccc(O)c2c1C(=O)CC21CC(=O)c2c(C(C)=O)ccc(O)c21. The number of rotatable bonds is 2. The van der Waals surface area contributed by atoms with Crippen LogP contribution in [-0.4, -0.2) is 33.3 Å². The number of aromatic hydroxyl groups is 2. The minimum absolute atomic E-state index is 0.0933. The average molecular weight is 364 g/mol. The fourth-order valence-corrected chi connectivity index (χ4v) is 4.58. The van der Waals surface area contributed by atoms with Gasteiger partial charge in [0.05, 0.1) is 0 Å². The average Bonchev–Trinajstić information content (AvgIpc) is 3.04. The highest BCUT2D eigenvalue weighted by Crippen LogP contribution is 2.58. The van der Waals surface area contributed by atoms with Gasteiger partial charge in [-0.15, -0.1) is 0 Å². The molecule has 136 valence electrons. The number of phenolic OH excluding ortho intramolecular Hbond substituents is 2. The van der Waals surface area contributed by atoms with Crippen molar-refractivity contribution in [1.29, 1.82) is 0 Å². The van der Waals surface area contributed by atoms with Crippen molar-refractivity contribution < 1.29 is 29.4 Å². The minimum Gasteiger partial charge on any atom is -0.508 e. The molecule has 0 fully saturated rings. The zero-order valence-corrected chi connectivity index (χ0v) is 14.8. The number of fused-ring (bicyclic) bond motifs is 4. The number of benzene rings is 2. The summed E-state index contributed by atoms with van der Waals surface area (Å²) in [6, 6.07) is 5.42. The summed E-state index contributed by atoms with van der Waals surface area (Å²) in [6.07, 6.45) is -0.318. The molecule has 0 atom stereocenters. The molecule has 0 aromatic heterocycles. The molecule has 0 unspecified atom stereocenters. The number of carbonyl (C=O) groups excluding carboxylic acids is 4. The van der Waals surface area contributed by atoms with E-state index >= 15 is 0 Å². The topological polar surface area (TPSA) is 109 Å². The Kier molecular flexibility index (Phi) is 3.40. The van der Waals surface area contributed by atoms with E-state index in [1.165, 1.54) is 38.1 Å². The molecule has 0 bridgehead atoms. The Labute approximate surface area is 154 Å². The molecule has 0 saturated heterocycles. The third kappa shape index (κ3) is 2.07. The zero-order valence-electron chi connectivity index (χ0n) is 14.8. The van der Waals surface area contributed by atoms with Crippen molar-refractivity contribution in [3.05, 3.63) is 57.6 Å². The van der Waals surface area contributed by atoms with E-state index in [1.54, 1.807) is 0 Å². The number of hydrogen-bond donors (Lipinski definition) is 2. The van der Waals surface area contributed by atoms with Crippen molar-refractivity contribution in [2.45, 2.75) is 32.1 Å². The molecule has 0 radical (unpaired) electrons. The van der Waals surface area contributed by atoms with Crippen LogP contribution in [0.2, 0.25) is 0 Å². The fraction of sp³-hybridized carbons (Fsp3) is 0.238. The largest absolute Gasteiger partial charge is 0.508 e. The summed E-state index contributed by atoms with van der Waals surface area (Å²) in [5.74, 6) is -1.84. The molecule has 0 aliphatic heterocycles. The first kappa shape index (κ1) is 17.1. The van der Waals surface area contributed by atoms with Crippen LogP contribution >= 0.6 is 0 Å². The highest BCUT2D eigenvalue weighted by molar-refractivity contribution is 6.18. The third-order valence-electron chi connectivity index (χ3n) is 5.56. The monoisotopic (exact) mass is 364 g/mol. The first-order valence-corrected chi connectivity index (χ1v) is 8.50. The number of carbonyl (C=O) groups is 4. The number of phenols is 2. The van der Waals surface area contributed by atoms with Gasteiger partial charge in [0.25, 0.3) is 0 Å². The summed E-state index contributed by atoms with van der Waals surface area (Å²) in [5.41, 5.74) is -0.372. The molecular formula is C21H16O6. The van der Waals surface area contributed by atoms with Gasteiger partial charge in [-0.2, -0.15) is 0 Å². The summed E-state index contributed by atoms with van der Waals surface area (Å²) in [5, 5.41) is 21.1. The highest BCUT2D eigenvalue weighted by Gasteiger charge is 2.56. The van der Waals surface area contributed by atoms with Gasteiger partial charge in [0.15, 0.2) is 23.1 Å². The van der Waals surface area contributed by atoms with Crippen LogP contribution in [0.25, 0.3) is 0 Å². The van der Waals surface area contributed by atoms with E-state index in [9.17, 15) is 29.4 Å². The molecule has 2 aliphatic carbocycles. The Hall–Kier alpha value is -3.28. The van der Waals surface area contributed by atoms with Crippen LogP contribution in [0.15, 0.2) is 24.3 Å². The van der Waals surface area contributed by atoms with Gasteiger partial charge in [-0.1, -0.05) is 0 Å². The van der Waals surface area contributed by atoms with Gasteiger partial charge in [0.2, 0.25) is 0 Å². The fourth-order valence-electron chi connectivity index (χ4n) is 4.58. The Balaban J connectivity index is 2.13. The van der Waals surface area contributed by atoms with Crippen molar-refractivity contribution in [2.75, 3.05) is 0 Å². The van der Waals surface area contributed by atoms with E-state index in [0.717, 1.165) is 0 Å². The highest BCUT2D eigenvalue weighted by atomic mass is 16.3. The van der Waals surface area contributed by atoms with Crippen LogP contribution in [0.5, 0.6) is 11.5 Å². The van der Waals surface area contributed by atoms with Gasteiger partial charge < -0.3 is 10.2 Å². The first-order chi connectivity index (χ1) is 12.7. The van der Waals surface area contributed by atoms with Crippen LogP contribution in [0.3, 0.4) is 0 Å². The lowest BCUT2D eigenvalue weighted by atomic mass is 9.75. The summed E-state index contributed by atoms with van der Waals surface area (Å²) in [7, 11) is 0. The van der Waals surface area contributed by atoms with Gasteiger partial charge in [-0.25, -0.2) is 0 Å². The minimum atomic E-state index is -1.27. The van der Waals surface area contributed by atoms with E-state index in [0.29, 0.717) is 0 Å². The van der Waals surface area contributed by atoms with E-state index in [4.69, 9.17) is 0 Å². The molecule has 1 spiro atoms. The molecule has 0 amide bonds. The summed E-state index contributed by atoms with van der Waals surface area (Å²) < 4.78 is 0. The van der Waals surface area contributed by atoms with Gasteiger partial charge in [-0.3, -0.25) is 19.2 Å². The molecule has 2 aromatic rings. The van der Waals surface area contributed by atoms with Gasteiger partial charge in [0.1, 0.15) is 11.5 Å². The van der Waals surface area contributed by atoms with Crippen molar-refractivity contribution in [3.63, 3.8) is 0 Å². The molecule has 0 saturated carbocycles. The van der Waals surface area contributed by atoms with E-state index in [1.807, 2.05) is 0 Å². The van der Waals surface area contributed by atoms with Crippen LogP contribution in [0.1, 0.15) is 79.2 Å². The van der Waals surface area contributed by atoms with E-state index in [2.05, 4.69) is 0 Å². The zero-order chi connectivity index (χ0) is 19.7. The summed E-state index contributed by atoms with van der Waals surface area (Å²) in [6.45, 7) is 2.65. The molecule has 2 N–H and O–H groups in total. The second kappa shape index (κ2) is 5.36. The molecule has 27 heavy (non-hydrogen) atoms. The van der Waals surface area contributed by atoms with Gasteiger partial charge in [-0.05, 0) is 38.1 Å². The normalized spacial score (nSPS) is 16.5. The standard InChI is InChI=1S/C21H16O6/c1-9(22)11-3-5-13(24)19-17(11)15(26)7-21(19)8-16(27)18-12(10(2)23)4-6-14(25)20(18)21/h3-6,24-25H,7-8H2,1-2H3. The third-order valence-corrected chi connectivity index (χ3v) is 5.56. The van der Waals surface area contributed by atoms with Crippen molar-refractivity contribution in [2.24, 2.45) is 0 Å². The number of ketones is 4. The molecule has 2 aromatic carbocycles. The maximum Gasteiger partial charge on any atom is 0.165 e. The predicted octanol–water partition coefficient (Wildman–Crippen LogP) is 2.96. The van der Waals surface area contributed by atoms with Crippen molar-refractivity contribution in [1.82, 2.24) is 0 Å². The second-order valence-electron chi connectivity index (χ2n) is 7.16. The Morgan fingerprint density at radius 3 is 1.48 bits per heavy atom. The molecule has 0 heterocycles. The van der Waals surface area contributed by atoms with Crippen molar-refractivity contribution >= 4 is 23.1 Å². The molecular weight excluding hydrogens is 348 g/mol. The maximum atomic E-state index is 12.8. The number of Topliss-reactive ketones (excluding diaryl/α,β-unsaturated/α-hetero) is 4. The second-order valence-corrected chi connectivity index (χ2v) is 7.16. The van der Waals surface area contributed by atoms with E-state index < -0.39 is 5.41 Å². The lowest BCUT2D eigenvalue weighted by molar-refractivity contribution is 0.0940. The quantitative estimate of drug-likeness (QED) is 0.793. The Morgan fingerprint density at radius 1 is 0.778 bits per heavy atom. The molecule has 2 aliphatic rings. The molecule has 4 rings (SSSR count). The smallest absolute Gasteiger partial charge is 0.165 e. The summed E-state index contributed by atoms with van der Waals surface area (Å²) in [4.78, 5) is 49.6. The molecule has 6 nitrogen and oxygen atoms in total. The predicted molar refractivity (Wildman–Crippen MR) is 94.9 cm³/mol. The maximum absolute atomic E-state index is 12.8. The molecule has 6 heteroatoms. The summed E-state index contributed by atoms with van der Waals surface area (Å²) >= 11 is 0. The van der Waals surface area contributed by atoms with Crippen LogP contribution < -0.4 is 0 Å². The van der Waals surface area contributed by atoms with Crippen LogP contribution in [-0.2, 0) is 5.41 Å².